The van der Waals surface area contributed by atoms with Crippen molar-refractivity contribution in [1.82, 2.24) is 5.32 Å². The summed E-state index contributed by atoms with van der Waals surface area (Å²) in [7, 11) is 0. The molecule has 3 aromatic rings. The second-order valence-corrected chi connectivity index (χ2v) is 7.06. The zero-order valence-corrected chi connectivity index (χ0v) is 17.2. The molecule has 4 rings (SSSR count). The monoisotopic (exact) mass is 425 g/mol. The minimum absolute atomic E-state index is 0.425. The third-order valence-electron chi connectivity index (χ3n) is 4.82. The summed E-state index contributed by atoms with van der Waals surface area (Å²) in [6.07, 6.45) is 1.25. The Labute approximate surface area is 184 Å². The number of para-hydroxylation sites is 1. The van der Waals surface area contributed by atoms with Gasteiger partial charge in [0.2, 0.25) is 5.91 Å². The van der Waals surface area contributed by atoms with E-state index in [9.17, 15) is 14.4 Å². The number of hydrogen-bond donors (Lipinski definition) is 1. The van der Waals surface area contributed by atoms with Crippen LogP contribution in [-0.4, -0.2) is 24.1 Å². The molecule has 8 heteroatoms. The fraction of sp³-hybridized carbons (Fsp3) is 0.0833. The molecule has 4 amide bonds. The molecule has 1 fully saturated rings. The molecule has 0 bridgehead atoms. The van der Waals surface area contributed by atoms with Gasteiger partial charge in [0, 0.05) is 6.21 Å². The Kier molecular flexibility index (Phi) is 5.94. The van der Waals surface area contributed by atoms with E-state index in [1.807, 2.05) is 30.3 Å². The van der Waals surface area contributed by atoms with Gasteiger partial charge in [0.05, 0.1) is 22.7 Å². The van der Waals surface area contributed by atoms with Gasteiger partial charge in [-0.15, -0.1) is 0 Å². The first-order valence-electron chi connectivity index (χ1n) is 9.88. The number of amides is 4. The van der Waals surface area contributed by atoms with E-state index in [1.165, 1.54) is 6.21 Å². The summed E-state index contributed by atoms with van der Waals surface area (Å²) in [5.74, 6) is -2.57. The molecule has 0 saturated carbocycles. The molecule has 1 atom stereocenters. The first-order chi connectivity index (χ1) is 15.5. The van der Waals surface area contributed by atoms with Crippen molar-refractivity contribution in [3.8, 4) is 0 Å². The van der Waals surface area contributed by atoms with Gasteiger partial charge >= 0.3 is 6.03 Å². The van der Waals surface area contributed by atoms with Gasteiger partial charge in [-0.05, 0) is 55.0 Å². The van der Waals surface area contributed by atoms with E-state index >= 15 is 0 Å². The molecule has 0 aliphatic carbocycles. The largest absolute Gasteiger partial charge is 0.335 e. The van der Waals surface area contributed by atoms with Gasteiger partial charge in [-0.3, -0.25) is 19.9 Å². The number of aryl methyl sites for hydroxylation is 1. The SMILES string of the molecule is Cc1ccccc1N1C(=O)NC(=O)[C@H](C=Nc2ccc(N=Nc3ccccc3)cc2)C1=O. The zero-order valence-electron chi connectivity index (χ0n) is 17.2. The Morgan fingerprint density at radius 3 is 2.06 bits per heavy atom. The Morgan fingerprint density at radius 1 is 0.781 bits per heavy atom. The van der Waals surface area contributed by atoms with Gasteiger partial charge in [-0.25, -0.2) is 9.69 Å². The maximum absolute atomic E-state index is 12.9. The number of carbonyl (C=O) groups excluding carboxylic acids is 3. The number of azo groups is 1. The highest BCUT2D eigenvalue weighted by Crippen LogP contribution is 2.25. The first kappa shape index (κ1) is 20.8. The van der Waals surface area contributed by atoms with E-state index in [4.69, 9.17) is 0 Å². The number of rotatable bonds is 5. The van der Waals surface area contributed by atoms with Gasteiger partial charge in [0.1, 0.15) is 0 Å². The number of aliphatic imine (C=N–C) groups is 1. The van der Waals surface area contributed by atoms with E-state index < -0.39 is 23.8 Å². The number of barbiturate groups is 1. The predicted octanol–water partition coefficient (Wildman–Crippen LogP) is 5.01. The van der Waals surface area contributed by atoms with Crippen molar-refractivity contribution < 1.29 is 14.4 Å². The quantitative estimate of drug-likeness (QED) is 0.353. The summed E-state index contributed by atoms with van der Waals surface area (Å²) < 4.78 is 0. The maximum Gasteiger partial charge on any atom is 0.335 e. The summed E-state index contributed by atoms with van der Waals surface area (Å²) in [6, 6.07) is 22.4. The Bertz CT molecular complexity index is 1220. The van der Waals surface area contributed by atoms with Crippen molar-refractivity contribution in [1.29, 1.82) is 0 Å². The molecule has 1 N–H and O–H groups in total. The maximum atomic E-state index is 12.9. The minimum Gasteiger partial charge on any atom is -0.276 e. The van der Waals surface area contributed by atoms with Crippen LogP contribution in [0.5, 0.6) is 0 Å². The first-order valence-corrected chi connectivity index (χ1v) is 9.88. The summed E-state index contributed by atoms with van der Waals surface area (Å²) in [4.78, 5) is 42.7. The number of hydrogen-bond acceptors (Lipinski definition) is 6. The number of benzene rings is 3. The Hall–Kier alpha value is -4.46. The summed E-state index contributed by atoms with van der Waals surface area (Å²) in [5.41, 5.74) is 3.07. The van der Waals surface area contributed by atoms with Gasteiger partial charge in [0.15, 0.2) is 5.92 Å². The van der Waals surface area contributed by atoms with Crippen LogP contribution < -0.4 is 10.2 Å². The van der Waals surface area contributed by atoms with Gasteiger partial charge in [-0.2, -0.15) is 10.2 Å². The standard InChI is InChI=1S/C24H19N5O3/c1-16-7-5-6-10-21(16)29-23(31)20(22(30)26-24(29)32)15-25-17-11-13-19(14-12-17)28-27-18-8-3-2-4-9-18/h2-15,20H,1H3,(H,26,30,32)/t20-/m0/s1. The van der Waals surface area contributed by atoms with E-state index in [-0.39, 0.29) is 0 Å². The van der Waals surface area contributed by atoms with Crippen LogP contribution in [0.15, 0.2) is 94.1 Å². The summed E-state index contributed by atoms with van der Waals surface area (Å²) in [5, 5.41) is 10.5. The van der Waals surface area contributed by atoms with Gasteiger partial charge < -0.3 is 0 Å². The number of carbonyl (C=O) groups is 3. The highest BCUT2D eigenvalue weighted by Gasteiger charge is 2.40. The van der Waals surface area contributed by atoms with Crippen LogP contribution in [0.2, 0.25) is 0 Å². The van der Waals surface area contributed by atoms with Crippen LogP contribution in [-0.2, 0) is 9.59 Å². The fourth-order valence-electron chi connectivity index (χ4n) is 3.14. The fourth-order valence-corrected chi connectivity index (χ4v) is 3.14. The second-order valence-electron chi connectivity index (χ2n) is 7.06. The van der Waals surface area contributed by atoms with Crippen LogP contribution in [0, 0.1) is 12.8 Å². The molecule has 0 unspecified atom stereocenters. The highest BCUT2D eigenvalue weighted by atomic mass is 16.2. The number of anilines is 1. The predicted molar refractivity (Wildman–Crippen MR) is 121 cm³/mol. The van der Waals surface area contributed by atoms with Crippen molar-refractivity contribution in [3.63, 3.8) is 0 Å². The average Bonchev–Trinajstić information content (AvgIpc) is 2.80. The normalized spacial score (nSPS) is 16.7. The lowest BCUT2D eigenvalue weighted by atomic mass is 10.0. The summed E-state index contributed by atoms with van der Waals surface area (Å²) >= 11 is 0. The zero-order chi connectivity index (χ0) is 22.5. The third kappa shape index (κ3) is 4.49. The average molecular weight is 425 g/mol. The smallest absolute Gasteiger partial charge is 0.276 e. The van der Waals surface area contributed by atoms with Crippen molar-refractivity contribution in [2.45, 2.75) is 6.92 Å². The molecule has 158 valence electrons. The number of nitrogens with zero attached hydrogens (tertiary/aromatic N) is 4. The van der Waals surface area contributed by atoms with Crippen molar-refractivity contribution in [2.75, 3.05) is 4.90 Å². The van der Waals surface area contributed by atoms with E-state index in [2.05, 4.69) is 20.5 Å². The van der Waals surface area contributed by atoms with Crippen LogP contribution in [0.25, 0.3) is 0 Å². The van der Waals surface area contributed by atoms with Crippen LogP contribution in [0.3, 0.4) is 0 Å². The van der Waals surface area contributed by atoms with E-state index in [0.717, 1.165) is 16.2 Å². The molecular weight excluding hydrogens is 406 g/mol. The topological polar surface area (TPSA) is 104 Å². The molecule has 0 radical (unpaired) electrons. The molecule has 1 saturated heterocycles. The molecule has 1 aliphatic rings. The molecule has 0 spiro atoms. The highest BCUT2D eigenvalue weighted by molar-refractivity contribution is 6.32. The van der Waals surface area contributed by atoms with Crippen LogP contribution in [0.4, 0.5) is 27.5 Å². The van der Waals surface area contributed by atoms with Crippen molar-refractivity contribution in [2.24, 2.45) is 21.1 Å². The van der Waals surface area contributed by atoms with E-state index in [0.29, 0.717) is 17.1 Å². The van der Waals surface area contributed by atoms with Gasteiger partial charge in [-0.1, -0.05) is 36.4 Å². The molecular formula is C24H19N5O3. The lowest BCUT2D eigenvalue weighted by Gasteiger charge is -2.29. The van der Waals surface area contributed by atoms with Crippen LogP contribution in [0.1, 0.15) is 5.56 Å². The minimum atomic E-state index is -1.22. The lowest BCUT2D eigenvalue weighted by molar-refractivity contribution is -0.131. The Morgan fingerprint density at radius 2 is 1.38 bits per heavy atom. The second kappa shape index (κ2) is 9.13. The summed E-state index contributed by atoms with van der Waals surface area (Å²) in [6.45, 7) is 1.78. The Balaban J connectivity index is 1.50. The molecule has 1 aliphatic heterocycles. The number of nitrogens with one attached hydrogen (secondary N) is 1. The van der Waals surface area contributed by atoms with Crippen molar-refractivity contribution in [3.05, 3.63) is 84.4 Å². The van der Waals surface area contributed by atoms with Crippen LogP contribution >= 0.6 is 0 Å². The molecule has 3 aromatic carbocycles. The number of urea groups is 1. The third-order valence-corrected chi connectivity index (χ3v) is 4.82. The van der Waals surface area contributed by atoms with Crippen molar-refractivity contribution >= 4 is 46.8 Å². The molecule has 1 heterocycles. The van der Waals surface area contributed by atoms with Gasteiger partial charge in [0.25, 0.3) is 5.91 Å². The molecule has 32 heavy (non-hydrogen) atoms. The molecule has 8 nitrogen and oxygen atoms in total. The van der Waals surface area contributed by atoms with E-state index in [1.54, 1.807) is 55.5 Å². The number of imide groups is 2. The molecule has 0 aromatic heterocycles. The lowest BCUT2D eigenvalue weighted by Crippen LogP contribution is -2.58.